The van der Waals surface area contributed by atoms with Crippen molar-refractivity contribution in [3.05, 3.63) is 45.9 Å². The predicted molar refractivity (Wildman–Crippen MR) is 94.7 cm³/mol. The molecule has 3 aromatic heterocycles. The summed E-state index contributed by atoms with van der Waals surface area (Å²) in [6.45, 7) is 5.87. The zero-order valence-corrected chi connectivity index (χ0v) is 14.7. The third-order valence-electron chi connectivity index (χ3n) is 4.55. The Morgan fingerprint density at radius 3 is 2.84 bits per heavy atom. The van der Waals surface area contributed by atoms with Crippen LogP contribution in [0.15, 0.2) is 29.2 Å². The minimum Gasteiger partial charge on any atom is -0.465 e. The van der Waals surface area contributed by atoms with E-state index in [2.05, 4.69) is 4.98 Å². The molecular weight excluding hydrogens is 320 g/mol. The predicted octanol–water partition coefficient (Wildman–Crippen LogP) is 1.78. The number of hydrogen-bond donors (Lipinski definition) is 1. The normalized spacial score (nSPS) is 12.5. The maximum atomic E-state index is 13.0. The van der Waals surface area contributed by atoms with E-state index in [1.54, 1.807) is 16.8 Å². The van der Waals surface area contributed by atoms with E-state index in [9.17, 15) is 9.59 Å². The van der Waals surface area contributed by atoms with Crippen molar-refractivity contribution in [3.8, 4) is 0 Å². The summed E-state index contributed by atoms with van der Waals surface area (Å²) in [5.74, 6) is -0.330. The summed E-state index contributed by atoms with van der Waals surface area (Å²) in [6, 6.07) is 5.12. The zero-order valence-electron chi connectivity index (χ0n) is 14.7. The van der Waals surface area contributed by atoms with Crippen molar-refractivity contribution in [2.24, 2.45) is 0 Å². The lowest BCUT2D eigenvalue weighted by atomic mass is 10.1. The first-order valence-corrected chi connectivity index (χ1v) is 8.14. The lowest BCUT2D eigenvalue weighted by Crippen LogP contribution is -2.44. The maximum absolute atomic E-state index is 13.0. The van der Waals surface area contributed by atoms with Crippen LogP contribution in [0.5, 0.6) is 0 Å². The largest absolute Gasteiger partial charge is 0.465 e. The zero-order chi connectivity index (χ0) is 18.3. The number of aryl methyl sites for hydroxylation is 1. The minimum absolute atomic E-state index is 0.0366. The molecule has 0 bridgehead atoms. The first kappa shape index (κ1) is 16.9. The van der Waals surface area contributed by atoms with Crippen molar-refractivity contribution < 1.29 is 14.1 Å². The van der Waals surface area contributed by atoms with Crippen LogP contribution in [0.25, 0.3) is 16.7 Å². The number of hydrogen-bond acceptors (Lipinski definition) is 5. The first-order chi connectivity index (χ1) is 11.9. The van der Waals surface area contributed by atoms with Crippen LogP contribution >= 0.6 is 0 Å². The molecule has 3 aromatic rings. The number of fused-ring (bicyclic) bond motifs is 2. The SMILES string of the molecule is CCC(C)[n+]1c(N)c(C(=O)OC)cc2c(=O)n3cccc(C)c3nc21. The molecule has 7 heteroatoms. The first-order valence-electron chi connectivity index (χ1n) is 8.14. The van der Waals surface area contributed by atoms with Crippen molar-refractivity contribution in [1.29, 1.82) is 0 Å². The average molecular weight is 341 g/mol. The average Bonchev–Trinajstić information content (AvgIpc) is 2.61. The molecule has 0 spiro atoms. The molecule has 1 atom stereocenters. The Labute approximate surface area is 144 Å². The van der Waals surface area contributed by atoms with Gasteiger partial charge in [0.25, 0.3) is 11.2 Å². The third-order valence-corrected chi connectivity index (χ3v) is 4.55. The van der Waals surface area contributed by atoms with Crippen molar-refractivity contribution in [2.75, 3.05) is 12.8 Å². The molecule has 0 radical (unpaired) electrons. The molecule has 3 heterocycles. The number of pyridine rings is 2. The Morgan fingerprint density at radius 2 is 2.20 bits per heavy atom. The van der Waals surface area contributed by atoms with E-state index in [1.165, 1.54) is 17.6 Å². The van der Waals surface area contributed by atoms with Gasteiger partial charge in [-0.3, -0.25) is 9.20 Å². The summed E-state index contributed by atoms with van der Waals surface area (Å²) >= 11 is 0. The van der Waals surface area contributed by atoms with Crippen LogP contribution in [0.2, 0.25) is 0 Å². The van der Waals surface area contributed by atoms with Gasteiger partial charge in [-0.25, -0.2) is 9.36 Å². The standard InChI is InChI=1S/C18H20N4O3/c1-5-11(3)22-14(19)12(18(24)25-4)9-13-16(22)20-15-10(2)7-6-8-21(15)17(13)23/h6-9,11,19H,5H2,1-4H3/p+1. The van der Waals surface area contributed by atoms with Gasteiger partial charge in [0.15, 0.2) is 0 Å². The second-order valence-corrected chi connectivity index (χ2v) is 6.10. The molecule has 0 aliphatic heterocycles. The van der Waals surface area contributed by atoms with E-state index < -0.39 is 5.97 Å². The summed E-state index contributed by atoms with van der Waals surface area (Å²) in [6.07, 6.45) is 2.43. The number of nitrogen functional groups attached to an aromatic ring is 1. The summed E-state index contributed by atoms with van der Waals surface area (Å²) in [4.78, 5) is 29.8. The molecule has 0 aromatic carbocycles. The molecule has 1 unspecified atom stereocenters. The maximum Gasteiger partial charge on any atom is 0.344 e. The molecule has 25 heavy (non-hydrogen) atoms. The summed E-state index contributed by atoms with van der Waals surface area (Å²) in [5.41, 5.74) is 8.10. The molecule has 3 rings (SSSR count). The van der Waals surface area contributed by atoms with Crippen LogP contribution in [-0.4, -0.2) is 22.5 Å². The van der Waals surface area contributed by atoms with Crippen LogP contribution < -0.4 is 15.9 Å². The highest BCUT2D eigenvalue weighted by atomic mass is 16.5. The lowest BCUT2D eigenvalue weighted by molar-refractivity contribution is -0.683. The monoisotopic (exact) mass is 341 g/mol. The van der Waals surface area contributed by atoms with Crippen LogP contribution in [0.4, 0.5) is 5.82 Å². The Morgan fingerprint density at radius 1 is 1.48 bits per heavy atom. The second kappa shape index (κ2) is 6.16. The number of carbonyl (C=O) groups excluding carboxylic acids is 1. The number of nitrogens with zero attached hydrogens (tertiary/aromatic N) is 3. The number of ether oxygens (including phenoxy) is 1. The lowest BCUT2D eigenvalue weighted by Gasteiger charge is -2.15. The van der Waals surface area contributed by atoms with E-state index in [0.717, 1.165) is 12.0 Å². The van der Waals surface area contributed by atoms with E-state index in [0.29, 0.717) is 16.7 Å². The van der Waals surface area contributed by atoms with Gasteiger partial charge in [0, 0.05) is 11.8 Å². The number of anilines is 1. The molecule has 2 N–H and O–H groups in total. The Balaban J connectivity index is 2.57. The van der Waals surface area contributed by atoms with E-state index in [4.69, 9.17) is 10.5 Å². The second-order valence-electron chi connectivity index (χ2n) is 6.10. The summed E-state index contributed by atoms with van der Waals surface area (Å²) in [5, 5.41) is 0.331. The molecule has 0 saturated heterocycles. The fraction of sp³-hybridized carbons (Fsp3) is 0.333. The number of carbonyl (C=O) groups is 1. The Kier molecular flexibility index (Phi) is 4.16. The highest BCUT2D eigenvalue weighted by molar-refractivity contribution is 5.96. The van der Waals surface area contributed by atoms with E-state index in [-0.39, 0.29) is 23.0 Å². The van der Waals surface area contributed by atoms with E-state index >= 15 is 0 Å². The van der Waals surface area contributed by atoms with Crippen LogP contribution in [0, 0.1) is 6.92 Å². The highest BCUT2D eigenvalue weighted by Gasteiger charge is 2.27. The Hall–Kier alpha value is -2.96. The van der Waals surface area contributed by atoms with Crippen molar-refractivity contribution in [3.63, 3.8) is 0 Å². The van der Waals surface area contributed by atoms with E-state index in [1.807, 2.05) is 26.8 Å². The van der Waals surface area contributed by atoms with Crippen LogP contribution in [-0.2, 0) is 4.74 Å². The summed E-state index contributed by atoms with van der Waals surface area (Å²) in [7, 11) is 1.29. The van der Waals surface area contributed by atoms with Gasteiger partial charge >= 0.3 is 5.97 Å². The molecule has 7 nitrogen and oxygen atoms in total. The minimum atomic E-state index is -0.579. The van der Waals surface area contributed by atoms with Gasteiger partial charge in [-0.1, -0.05) is 18.0 Å². The van der Waals surface area contributed by atoms with Crippen molar-refractivity contribution in [1.82, 2.24) is 9.38 Å². The van der Waals surface area contributed by atoms with Gasteiger partial charge in [-0.15, -0.1) is 0 Å². The number of nitrogens with two attached hydrogens (primary N) is 1. The third kappa shape index (κ3) is 2.52. The smallest absolute Gasteiger partial charge is 0.344 e. The van der Waals surface area contributed by atoms with Gasteiger partial charge in [0.2, 0.25) is 11.5 Å². The summed E-state index contributed by atoms with van der Waals surface area (Å²) < 4.78 is 8.05. The topological polar surface area (TPSA) is 90.6 Å². The molecule has 0 fully saturated rings. The molecular formula is C18H21N4O3+. The Bertz CT molecular complexity index is 1060. The molecule has 130 valence electrons. The van der Waals surface area contributed by atoms with Crippen molar-refractivity contribution >= 4 is 28.5 Å². The van der Waals surface area contributed by atoms with Crippen LogP contribution in [0.3, 0.4) is 0 Å². The van der Waals surface area contributed by atoms with Gasteiger partial charge in [0.1, 0.15) is 10.9 Å². The van der Waals surface area contributed by atoms with Gasteiger partial charge in [-0.05, 0) is 32.4 Å². The van der Waals surface area contributed by atoms with Crippen LogP contribution in [0.1, 0.15) is 42.2 Å². The number of aromatic nitrogens is 3. The fourth-order valence-electron chi connectivity index (χ4n) is 2.97. The number of esters is 1. The number of rotatable bonds is 3. The van der Waals surface area contributed by atoms with Crippen molar-refractivity contribution in [2.45, 2.75) is 33.2 Å². The van der Waals surface area contributed by atoms with Gasteiger partial charge in [0.05, 0.1) is 13.2 Å². The molecule has 0 amide bonds. The fourth-order valence-corrected chi connectivity index (χ4v) is 2.97. The molecule has 0 aliphatic carbocycles. The number of methoxy groups -OCH3 is 1. The quantitative estimate of drug-likeness (QED) is 0.445. The van der Waals surface area contributed by atoms with Gasteiger partial charge < -0.3 is 10.5 Å². The molecule has 0 saturated carbocycles. The van der Waals surface area contributed by atoms with Gasteiger partial charge in [-0.2, -0.15) is 0 Å². The molecule has 0 aliphatic rings. The highest BCUT2D eigenvalue weighted by Crippen LogP contribution is 2.19.